The fourth-order valence-electron chi connectivity index (χ4n) is 7.18. The maximum absolute atomic E-state index is 4.95. The van der Waals surface area contributed by atoms with Crippen molar-refractivity contribution in [1.29, 1.82) is 0 Å². The van der Waals surface area contributed by atoms with E-state index in [0.29, 0.717) is 17.5 Å². The van der Waals surface area contributed by atoms with E-state index in [4.69, 9.17) is 15.0 Å². The third kappa shape index (κ3) is 4.63. The van der Waals surface area contributed by atoms with Crippen molar-refractivity contribution < 1.29 is 0 Å². The fourth-order valence-corrected chi connectivity index (χ4v) is 8.41. The smallest absolute Gasteiger partial charge is 0.164 e. The minimum absolute atomic E-state index is 0.644. The highest BCUT2D eigenvalue weighted by Crippen LogP contribution is 2.44. The Labute approximate surface area is 292 Å². The van der Waals surface area contributed by atoms with Crippen LogP contribution in [0, 0.1) is 0 Å². The van der Waals surface area contributed by atoms with Crippen molar-refractivity contribution in [2.75, 3.05) is 0 Å². The van der Waals surface area contributed by atoms with E-state index in [1.54, 1.807) is 0 Å². The predicted molar refractivity (Wildman–Crippen MR) is 209 cm³/mol. The first kappa shape index (κ1) is 28.6. The van der Waals surface area contributed by atoms with Crippen molar-refractivity contribution in [1.82, 2.24) is 19.5 Å². The monoisotopic (exact) mass is 656 g/mol. The second-order valence-corrected chi connectivity index (χ2v) is 13.5. The summed E-state index contributed by atoms with van der Waals surface area (Å²) in [5.74, 6) is 1.95. The molecule has 0 amide bonds. The molecule has 0 radical (unpaired) electrons. The summed E-state index contributed by atoms with van der Waals surface area (Å²) in [6.45, 7) is 0. The van der Waals surface area contributed by atoms with Crippen LogP contribution in [0.4, 0.5) is 0 Å². The summed E-state index contributed by atoms with van der Waals surface area (Å²) >= 11 is 1.88. The van der Waals surface area contributed by atoms with E-state index >= 15 is 0 Å². The van der Waals surface area contributed by atoms with Crippen molar-refractivity contribution >= 4 is 53.3 Å². The van der Waals surface area contributed by atoms with Crippen molar-refractivity contribution in [3.63, 3.8) is 0 Å². The highest BCUT2D eigenvalue weighted by molar-refractivity contribution is 7.26. The molecular formula is C45H28N4S. The molecule has 7 aromatic carbocycles. The van der Waals surface area contributed by atoms with Gasteiger partial charge in [-0.05, 0) is 48.0 Å². The molecule has 0 fully saturated rings. The Bertz CT molecular complexity index is 2800. The second kappa shape index (κ2) is 11.6. The molecular weight excluding hydrogens is 629 g/mol. The molecule has 4 nitrogen and oxygen atoms in total. The molecule has 0 aliphatic carbocycles. The molecule has 50 heavy (non-hydrogen) atoms. The van der Waals surface area contributed by atoms with Crippen LogP contribution in [-0.4, -0.2) is 19.5 Å². The number of hydrogen-bond acceptors (Lipinski definition) is 4. The maximum Gasteiger partial charge on any atom is 0.164 e. The molecule has 5 heteroatoms. The van der Waals surface area contributed by atoms with Crippen LogP contribution in [0.1, 0.15) is 0 Å². The molecule has 0 aliphatic heterocycles. The van der Waals surface area contributed by atoms with Crippen molar-refractivity contribution in [2.24, 2.45) is 0 Å². The van der Waals surface area contributed by atoms with Crippen LogP contribution in [-0.2, 0) is 0 Å². The highest BCUT2D eigenvalue weighted by atomic mass is 32.1. The van der Waals surface area contributed by atoms with E-state index in [1.807, 2.05) is 72.0 Å². The summed E-state index contributed by atoms with van der Waals surface area (Å²) in [5.41, 5.74) is 8.79. The molecule has 0 saturated heterocycles. The molecule has 0 saturated carbocycles. The summed E-state index contributed by atoms with van der Waals surface area (Å²) in [6, 6.07) is 59.7. The zero-order valence-electron chi connectivity index (χ0n) is 26.9. The molecule has 0 unspecified atom stereocenters. The van der Waals surface area contributed by atoms with Gasteiger partial charge >= 0.3 is 0 Å². The zero-order chi connectivity index (χ0) is 33.0. The van der Waals surface area contributed by atoms with Gasteiger partial charge in [-0.2, -0.15) is 0 Å². The van der Waals surface area contributed by atoms with Crippen LogP contribution in [0.2, 0.25) is 0 Å². The molecule has 234 valence electrons. The number of benzene rings is 7. The first-order valence-corrected chi connectivity index (χ1v) is 17.5. The van der Waals surface area contributed by atoms with Crippen LogP contribution in [0.3, 0.4) is 0 Å². The van der Waals surface area contributed by atoms with Gasteiger partial charge in [0.1, 0.15) is 0 Å². The second-order valence-electron chi connectivity index (χ2n) is 12.4. The van der Waals surface area contributed by atoms with Gasteiger partial charge in [0.2, 0.25) is 0 Å². The van der Waals surface area contributed by atoms with Crippen molar-refractivity contribution in [3.8, 4) is 51.0 Å². The average molecular weight is 657 g/mol. The molecule has 0 bridgehead atoms. The summed E-state index contributed by atoms with van der Waals surface area (Å²) in [7, 11) is 0. The van der Waals surface area contributed by atoms with Crippen LogP contribution in [0.5, 0.6) is 0 Å². The molecule has 10 rings (SSSR count). The number of nitrogens with zero attached hydrogens (tertiary/aromatic N) is 4. The van der Waals surface area contributed by atoms with Gasteiger partial charge in [-0.25, -0.2) is 15.0 Å². The van der Waals surface area contributed by atoms with Crippen molar-refractivity contribution in [3.05, 3.63) is 170 Å². The predicted octanol–water partition coefficient (Wildman–Crippen LogP) is 12.0. The Hall–Kier alpha value is -6.43. The van der Waals surface area contributed by atoms with Crippen LogP contribution in [0.15, 0.2) is 170 Å². The lowest BCUT2D eigenvalue weighted by molar-refractivity contribution is 1.07. The van der Waals surface area contributed by atoms with E-state index in [1.165, 1.54) is 53.1 Å². The number of rotatable bonds is 5. The first-order chi connectivity index (χ1) is 24.8. The Balaban J connectivity index is 1.13. The molecule has 0 N–H and O–H groups in total. The van der Waals surface area contributed by atoms with Crippen molar-refractivity contribution in [2.45, 2.75) is 0 Å². The summed E-state index contributed by atoms with van der Waals surface area (Å²) < 4.78 is 5.01. The zero-order valence-corrected chi connectivity index (χ0v) is 27.7. The number of para-hydroxylation sites is 1. The normalized spacial score (nSPS) is 11.6. The maximum atomic E-state index is 4.95. The number of fused-ring (bicyclic) bond motifs is 6. The topological polar surface area (TPSA) is 43.6 Å². The standard InChI is InChI=1S/C45H28N4S/c1-3-13-29(14-4-1)43-46-44(30-15-5-2-6-16-30)48-45(47-43)31-25-27-32(28-26-31)49-38-22-9-7-18-37(38)41-34(19-12-23-39(41)49)36-21-11-20-35-33-17-8-10-24-40(33)50-42(35)36/h1-28H. The highest BCUT2D eigenvalue weighted by Gasteiger charge is 2.19. The van der Waals surface area contributed by atoms with E-state index < -0.39 is 0 Å². The fraction of sp³-hybridized carbons (Fsp3) is 0. The van der Waals surface area contributed by atoms with E-state index in [-0.39, 0.29) is 0 Å². The van der Waals surface area contributed by atoms with Crippen LogP contribution in [0.25, 0.3) is 93.0 Å². The molecule has 3 heterocycles. The van der Waals surface area contributed by atoms with Crippen LogP contribution >= 0.6 is 11.3 Å². The minimum Gasteiger partial charge on any atom is -0.309 e. The summed E-state index contributed by atoms with van der Waals surface area (Å²) in [6.07, 6.45) is 0. The van der Waals surface area contributed by atoms with Gasteiger partial charge in [0.05, 0.1) is 11.0 Å². The summed E-state index contributed by atoms with van der Waals surface area (Å²) in [5, 5.41) is 5.12. The first-order valence-electron chi connectivity index (χ1n) is 16.7. The Morgan fingerprint density at radius 2 is 0.900 bits per heavy atom. The van der Waals surface area contributed by atoms with Gasteiger partial charge in [-0.1, -0.05) is 127 Å². The molecule has 0 spiro atoms. The van der Waals surface area contributed by atoms with Crippen LogP contribution < -0.4 is 0 Å². The molecule has 3 aromatic heterocycles. The average Bonchev–Trinajstić information content (AvgIpc) is 3.75. The Morgan fingerprint density at radius 1 is 0.380 bits per heavy atom. The lowest BCUT2D eigenvalue weighted by Crippen LogP contribution is -2.00. The number of hydrogen-bond donors (Lipinski definition) is 0. The lowest BCUT2D eigenvalue weighted by Gasteiger charge is -2.11. The van der Waals surface area contributed by atoms with Gasteiger partial charge in [0.25, 0.3) is 0 Å². The molecule has 0 atom stereocenters. The van der Waals surface area contributed by atoms with E-state index in [9.17, 15) is 0 Å². The molecule has 10 aromatic rings. The van der Waals surface area contributed by atoms with Gasteiger partial charge in [-0.3, -0.25) is 0 Å². The third-order valence-corrected chi connectivity index (χ3v) is 10.7. The third-order valence-electron chi connectivity index (χ3n) is 9.48. The van der Waals surface area contributed by atoms with Gasteiger partial charge in [0, 0.05) is 58.9 Å². The lowest BCUT2D eigenvalue weighted by atomic mass is 9.98. The Kier molecular flexibility index (Phi) is 6.64. The quantitative estimate of drug-likeness (QED) is 0.185. The number of aromatic nitrogens is 4. The summed E-state index contributed by atoms with van der Waals surface area (Å²) in [4.78, 5) is 14.8. The minimum atomic E-state index is 0.644. The van der Waals surface area contributed by atoms with Gasteiger partial charge in [0.15, 0.2) is 17.5 Å². The van der Waals surface area contributed by atoms with Gasteiger partial charge in [-0.15, -0.1) is 11.3 Å². The van der Waals surface area contributed by atoms with Gasteiger partial charge < -0.3 is 4.57 Å². The number of thiophene rings is 1. The molecule has 0 aliphatic rings. The SMILES string of the molecule is c1ccc(-c2nc(-c3ccccc3)nc(-c3ccc(-n4c5ccccc5c5c(-c6cccc7c6sc6ccccc67)cccc54)cc3)n2)cc1. The van der Waals surface area contributed by atoms with E-state index in [2.05, 4.69) is 114 Å². The Morgan fingerprint density at radius 3 is 1.60 bits per heavy atom. The van der Waals surface area contributed by atoms with E-state index in [0.717, 1.165) is 22.4 Å². The largest absolute Gasteiger partial charge is 0.309 e.